The molecule has 0 bridgehead atoms. The molecule has 1 aromatic carbocycles. The zero-order chi connectivity index (χ0) is 16.5. The molecule has 0 aliphatic carbocycles. The molecule has 1 unspecified atom stereocenters. The van der Waals surface area contributed by atoms with Crippen LogP contribution in [-0.2, 0) is 0 Å². The first-order valence-electron chi connectivity index (χ1n) is 8.11. The van der Waals surface area contributed by atoms with Gasteiger partial charge in [-0.15, -0.1) is 0 Å². The first-order chi connectivity index (χ1) is 11.7. The molecule has 6 heteroatoms. The molecule has 1 amide bonds. The molecule has 1 fully saturated rings. The van der Waals surface area contributed by atoms with Crippen LogP contribution in [0.2, 0.25) is 0 Å². The molecule has 1 aliphatic rings. The highest BCUT2D eigenvalue weighted by molar-refractivity contribution is 6.05. The van der Waals surface area contributed by atoms with Crippen molar-refractivity contribution in [3.8, 4) is 0 Å². The molecule has 0 radical (unpaired) electrons. The number of hydrogen-bond acceptors (Lipinski definition) is 3. The fourth-order valence-corrected chi connectivity index (χ4v) is 3.42. The van der Waals surface area contributed by atoms with Gasteiger partial charge in [-0.25, -0.2) is 4.98 Å². The Labute approximate surface area is 138 Å². The summed E-state index contributed by atoms with van der Waals surface area (Å²) in [6.45, 7) is 1.35. The molecule has 1 atom stereocenters. The summed E-state index contributed by atoms with van der Waals surface area (Å²) in [7, 11) is 0. The number of nitrogens with zero attached hydrogens (tertiary/aromatic N) is 3. The standard InChI is InChI=1S/C18H18N4O2/c23-17-10-15(14-5-1-2-6-16(14)20-17)18(24)21-8-3-4-13(11-21)22-9-7-19-12-22/h1-2,5-7,9-10,12-13H,3-4,8,11H2,(H,20,23). The van der Waals surface area contributed by atoms with Crippen LogP contribution < -0.4 is 5.56 Å². The molecular weight excluding hydrogens is 304 g/mol. The van der Waals surface area contributed by atoms with E-state index in [-0.39, 0.29) is 17.5 Å². The first kappa shape index (κ1) is 14.7. The molecule has 24 heavy (non-hydrogen) atoms. The number of aromatic amines is 1. The first-order valence-corrected chi connectivity index (χ1v) is 8.11. The van der Waals surface area contributed by atoms with Gasteiger partial charge in [0.05, 0.1) is 17.9 Å². The van der Waals surface area contributed by atoms with E-state index < -0.39 is 0 Å². The lowest BCUT2D eigenvalue weighted by Crippen LogP contribution is -2.40. The Kier molecular flexibility index (Phi) is 3.65. The van der Waals surface area contributed by atoms with Gasteiger partial charge in [0.2, 0.25) is 5.56 Å². The van der Waals surface area contributed by atoms with Crippen molar-refractivity contribution in [3.05, 3.63) is 65.0 Å². The second kappa shape index (κ2) is 5.96. The lowest BCUT2D eigenvalue weighted by Gasteiger charge is -2.33. The van der Waals surface area contributed by atoms with Gasteiger partial charge in [0.15, 0.2) is 0 Å². The monoisotopic (exact) mass is 322 g/mol. The fraction of sp³-hybridized carbons (Fsp3) is 0.278. The van der Waals surface area contributed by atoms with Crippen LogP contribution in [0.3, 0.4) is 0 Å². The number of nitrogens with one attached hydrogen (secondary N) is 1. The second-order valence-electron chi connectivity index (χ2n) is 6.15. The van der Waals surface area contributed by atoms with E-state index in [0.717, 1.165) is 18.2 Å². The minimum absolute atomic E-state index is 0.0814. The number of H-pyrrole nitrogens is 1. The Morgan fingerprint density at radius 1 is 1.29 bits per heavy atom. The zero-order valence-electron chi connectivity index (χ0n) is 13.2. The van der Waals surface area contributed by atoms with Crippen molar-refractivity contribution >= 4 is 16.8 Å². The Morgan fingerprint density at radius 2 is 2.17 bits per heavy atom. The van der Waals surface area contributed by atoms with Gasteiger partial charge in [-0.2, -0.15) is 0 Å². The summed E-state index contributed by atoms with van der Waals surface area (Å²) >= 11 is 0. The number of piperidine rings is 1. The Balaban J connectivity index is 1.67. The van der Waals surface area contributed by atoms with Gasteiger partial charge in [0, 0.05) is 42.5 Å². The number of likely N-dealkylation sites (tertiary alicyclic amines) is 1. The molecular formula is C18H18N4O2. The molecule has 122 valence electrons. The number of carbonyl (C=O) groups excluding carboxylic acids is 1. The molecule has 4 rings (SSSR count). The van der Waals surface area contributed by atoms with Crippen molar-refractivity contribution in [3.63, 3.8) is 0 Å². The zero-order valence-corrected chi connectivity index (χ0v) is 13.2. The van der Waals surface area contributed by atoms with Gasteiger partial charge in [-0.1, -0.05) is 18.2 Å². The van der Waals surface area contributed by atoms with E-state index in [9.17, 15) is 9.59 Å². The molecule has 1 saturated heterocycles. The van der Waals surface area contributed by atoms with Crippen molar-refractivity contribution in [1.29, 1.82) is 0 Å². The van der Waals surface area contributed by atoms with Crippen LogP contribution in [0, 0.1) is 0 Å². The summed E-state index contributed by atoms with van der Waals surface area (Å²) in [5.41, 5.74) is 0.914. The van der Waals surface area contributed by atoms with Crippen molar-refractivity contribution < 1.29 is 4.79 Å². The third-order valence-electron chi connectivity index (χ3n) is 4.61. The van der Waals surface area contributed by atoms with Gasteiger partial charge < -0.3 is 14.5 Å². The van der Waals surface area contributed by atoms with E-state index in [0.29, 0.717) is 24.2 Å². The third kappa shape index (κ3) is 2.60. The molecule has 1 N–H and O–H groups in total. The van der Waals surface area contributed by atoms with Crippen molar-refractivity contribution in [1.82, 2.24) is 19.4 Å². The van der Waals surface area contributed by atoms with Crippen LogP contribution in [0.15, 0.2) is 53.8 Å². The summed E-state index contributed by atoms with van der Waals surface area (Å²) in [6, 6.07) is 9.06. The maximum atomic E-state index is 13.0. The van der Waals surface area contributed by atoms with Crippen LogP contribution in [0.25, 0.3) is 10.9 Å². The molecule has 1 aliphatic heterocycles. The normalized spacial score (nSPS) is 18.0. The highest BCUT2D eigenvalue weighted by atomic mass is 16.2. The quantitative estimate of drug-likeness (QED) is 0.786. The van der Waals surface area contributed by atoms with Gasteiger partial charge >= 0.3 is 0 Å². The van der Waals surface area contributed by atoms with E-state index in [1.165, 1.54) is 6.07 Å². The van der Waals surface area contributed by atoms with Crippen LogP contribution in [0.5, 0.6) is 0 Å². The average molecular weight is 322 g/mol. The van der Waals surface area contributed by atoms with Gasteiger partial charge in [-0.05, 0) is 18.9 Å². The number of fused-ring (bicyclic) bond motifs is 1. The van der Waals surface area contributed by atoms with Gasteiger partial charge in [-0.3, -0.25) is 9.59 Å². The maximum absolute atomic E-state index is 13.0. The molecule has 6 nitrogen and oxygen atoms in total. The molecule has 2 aromatic heterocycles. The minimum atomic E-state index is -0.250. The topological polar surface area (TPSA) is 71.0 Å². The number of aromatic nitrogens is 3. The Bertz CT molecular complexity index is 930. The van der Waals surface area contributed by atoms with E-state index in [4.69, 9.17) is 0 Å². The smallest absolute Gasteiger partial charge is 0.254 e. The number of para-hydroxylation sites is 1. The van der Waals surface area contributed by atoms with E-state index >= 15 is 0 Å². The number of rotatable bonds is 2. The fourth-order valence-electron chi connectivity index (χ4n) is 3.42. The van der Waals surface area contributed by atoms with Crippen LogP contribution in [0.1, 0.15) is 29.2 Å². The molecule has 3 heterocycles. The Hall–Kier alpha value is -2.89. The largest absolute Gasteiger partial charge is 0.337 e. The van der Waals surface area contributed by atoms with Crippen molar-refractivity contribution in [2.75, 3.05) is 13.1 Å². The molecule has 0 spiro atoms. The number of carbonyl (C=O) groups is 1. The summed E-state index contributed by atoms with van der Waals surface area (Å²) in [5.74, 6) is -0.0814. The minimum Gasteiger partial charge on any atom is -0.337 e. The molecule has 0 saturated carbocycles. The highest BCUT2D eigenvalue weighted by Crippen LogP contribution is 2.24. The number of amides is 1. The van der Waals surface area contributed by atoms with Crippen LogP contribution >= 0.6 is 0 Å². The average Bonchev–Trinajstić information content (AvgIpc) is 3.15. The van der Waals surface area contributed by atoms with E-state index in [2.05, 4.69) is 14.5 Å². The predicted octanol–water partition coefficient (Wildman–Crippen LogP) is 2.20. The highest BCUT2D eigenvalue weighted by Gasteiger charge is 2.26. The SMILES string of the molecule is O=C(c1cc(=O)[nH]c2ccccc12)N1CCCC(n2ccnc2)C1. The second-order valence-corrected chi connectivity index (χ2v) is 6.15. The maximum Gasteiger partial charge on any atom is 0.254 e. The van der Waals surface area contributed by atoms with Gasteiger partial charge in [0.1, 0.15) is 0 Å². The van der Waals surface area contributed by atoms with E-state index in [1.54, 1.807) is 12.5 Å². The van der Waals surface area contributed by atoms with E-state index in [1.807, 2.05) is 35.4 Å². The van der Waals surface area contributed by atoms with Crippen molar-refractivity contribution in [2.45, 2.75) is 18.9 Å². The van der Waals surface area contributed by atoms with Crippen LogP contribution in [0.4, 0.5) is 0 Å². The van der Waals surface area contributed by atoms with Crippen molar-refractivity contribution in [2.24, 2.45) is 0 Å². The Morgan fingerprint density at radius 3 is 3.00 bits per heavy atom. The third-order valence-corrected chi connectivity index (χ3v) is 4.61. The molecule has 3 aromatic rings. The number of benzene rings is 1. The summed E-state index contributed by atoms with van der Waals surface area (Å²) in [5, 5.41) is 0.784. The van der Waals surface area contributed by atoms with Crippen LogP contribution in [-0.4, -0.2) is 38.4 Å². The lowest BCUT2D eigenvalue weighted by atomic mass is 10.0. The summed E-state index contributed by atoms with van der Waals surface area (Å²) < 4.78 is 2.05. The van der Waals surface area contributed by atoms with Gasteiger partial charge in [0.25, 0.3) is 5.91 Å². The number of imidazole rings is 1. The lowest BCUT2D eigenvalue weighted by molar-refractivity contribution is 0.0681. The number of pyridine rings is 1. The summed E-state index contributed by atoms with van der Waals surface area (Å²) in [6.07, 6.45) is 7.44. The summed E-state index contributed by atoms with van der Waals surface area (Å²) in [4.78, 5) is 33.6. The number of hydrogen-bond donors (Lipinski definition) is 1. The predicted molar refractivity (Wildman–Crippen MR) is 91.0 cm³/mol.